The molecule has 2 heterocycles. The smallest absolute Gasteiger partial charge is 0.334 e. The van der Waals surface area contributed by atoms with Crippen LogP contribution in [0.25, 0.3) is 11.5 Å². The van der Waals surface area contributed by atoms with E-state index in [-0.39, 0.29) is 17.3 Å². The van der Waals surface area contributed by atoms with Crippen molar-refractivity contribution in [2.75, 3.05) is 0 Å². The van der Waals surface area contributed by atoms with Gasteiger partial charge in [-0.05, 0) is 13.0 Å². The Morgan fingerprint density at radius 2 is 2.06 bits per heavy atom. The van der Waals surface area contributed by atoms with E-state index in [9.17, 15) is 13.2 Å². The van der Waals surface area contributed by atoms with Crippen LogP contribution in [0.15, 0.2) is 23.0 Å². The molecule has 0 aromatic carbocycles. The Morgan fingerprint density at radius 3 is 2.62 bits per heavy atom. The molecule has 0 radical (unpaired) electrons. The highest BCUT2D eigenvalue weighted by Gasteiger charge is 2.35. The first-order valence-electron chi connectivity index (χ1n) is 4.30. The molecule has 4 nitrogen and oxygen atoms in total. The topological polar surface area (TPSA) is 51.8 Å². The van der Waals surface area contributed by atoms with Crippen LogP contribution in [0, 0.1) is 6.92 Å². The van der Waals surface area contributed by atoms with E-state index in [1.54, 1.807) is 0 Å². The molecule has 0 bridgehead atoms. The highest BCUT2D eigenvalue weighted by Crippen LogP contribution is 2.35. The molecule has 84 valence electrons. The Labute approximate surface area is 88.1 Å². The number of rotatable bonds is 1. The number of aryl methyl sites for hydroxylation is 1. The maximum absolute atomic E-state index is 12.6. The van der Waals surface area contributed by atoms with E-state index in [4.69, 9.17) is 4.52 Å². The van der Waals surface area contributed by atoms with Crippen LogP contribution in [0.2, 0.25) is 0 Å². The van der Waals surface area contributed by atoms with Crippen molar-refractivity contribution in [2.45, 2.75) is 13.1 Å². The maximum atomic E-state index is 12.6. The van der Waals surface area contributed by atoms with Gasteiger partial charge >= 0.3 is 6.18 Å². The minimum atomic E-state index is -4.49. The molecule has 0 saturated heterocycles. The molecule has 16 heavy (non-hydrogen) atoms. The van der Waals surface area contributed by atoms with E-state index < -0.39 is 11.7 Å². The van der Waals surface area contributed by atoms with Gasteiger partial charge < -0.3 is 4.52 Å². The summed E-state index contributed by atoms with van der Waals surface area (Å²) in [7, 11) is 0. The lowest BCUT2D eigenvalue weighted by molar-refractivity contribution is -0.137. The number of nitrogens with zero attached hydrogens (tertiary/aromatic N) is 3. The average Bonchev–Trinajstić information content (AvgIpc) is 2.64. The second-order valence-corrected chi connectivity index (χ2v) is 3.07. The van der Waals surface area contributed by atoms with Gasteiger partial charge in [0.05, 0.1) is 11.1 Å². The van der Waals surface area contributed by atoms with Gasteiger partial charge in [-0.3, -0.25) is 4.98 Å². The first-order chi connectivity index (χ1) is 7.48. The van der Waals surface area contributed by atoms with E-state index in [0.717, 1.165) is 6.20 Å². The fourth-order valence-electron chi connectivity index (χ4n) is 1.21. The molecule has 2 rings (SSSR count). The molecule has 0 aliphatic carbocycles. The summed E-state index contributed by atoms with van der Waals surface area (Å²) in [5.74, 6) is 0.118. The van der Waals surface area contributed by atoms with Gasteiger partial charge in [0.25, 0.3) is 5.89 Å². The van der Waals surface area contributed by atoms with Crippen LogP contribution >= 0.6 is 0 Å². The number of halogens is 3. The van der Waals surface area contributed by atoms with E-state index in [1.165, 1.54) is 19.2 Å². The summed E-state index contributed by atoms with van der Waals surface area (Å²) in [6.45, 7) is 1.53. The summed E-state index contributed by atoms with van der Waals surface area (Å²) in [6, 6.07) is 1.19. The zero-order valence-electron chi connectivity index (χ0n) is 8.12. The minimum Gasteiger partial charge on any atom is -0.334 e. The van der Waals surface area contributed by atoms with E-state index in [2.05, 4.69) is 15.1 Å². The van der Waals surface area contributed by atoms with Crippen molar-refractivity contribution in [2.24, 2.45) is 0 Å². The van der Waals surface area contributed by atoms with Crippen molar-refractivity contribution in [1.29, 1.82) is 0 Å². The second-order valence-electron chi connectivity index (χ2n) is 3.07. The molecule has 0 fully saturated rings. The van der Waals surface area contributed by atoms with Crippen LogP contribution in [0.5, 0.6) is 0 Å². The molecular formula is C9H6F3N3O. The van der Waals surface area contributed by atoms with Crippen molar-refractivity contribution < 1.29 is 17.7 Å². The van der Waals surface area contributed by atoms with E-state index >= 15 is 0 Å². The predicted octanol–water partition coefficient (Wildman–Crippen LogP) is 2.46. The maximum Gasteiger partial charge on any atom is 0.418 e. The van der Waals surface area contributed by atoms with Crippen LogP contribution in [-0.2, 0) is 6.18 Å². The monoisotopic (exact) mass is 229 g/mol. The summed E-state index contributed by atoms with van der Waals surface area (Å²) in [6.07, 6.45) is -2.52. The number of alkyl halides is 3. The number of hydrogen-bond donors (Lipinski definition) is 0. The molecule has 0 saturated carbocycles. The molecule has 0 atom stereocenters. The fraction of sp³-hybridized carbons (Fsp3) is 0.222. The predicted molar refractivity (Wildman–Crippen MR) is 47.3 cm³/mol. The Morgan fingerprint density at radius 1 is 1.31 bits per heavy atom. The molecule has 0 aliphatic rings. The molecule has 0 unspecified atom stereocenters. The van der Waals surface area contributed by atoms with Crippen molar-refractivity contribution in [3.05, 3.63) is 29.8 Å². The minimum absolute atomic E-state index is 0.160. The zero-order valence-corrected chi connectivity index (χ0v) is 8.12. The lowest BCUT2D eigenvalue weighted by Crippen LogP contribution is -2.07. The van der Waals surface area contributed by atoms with Gasteiger partial charge in [0.1, 0.15) is 0 Å². The van der Waals surface area contributed by atoms with Crippen LogP contribution in [0.3, 0.4) is 0 Å². The largest absolute Gasteiger partial charge is 0.418 e. The molecule has 0 spiro atoms. The fourth-order valence-corrected chi connectivity index (χ4v) is 1.21. The van der Waals surface area contributed by atoms with Gasteiger partial charge in [0.2, 0.25) is 0 Å². The first kappa shape index (κ1) is 10.6. The zero-order chi connectivity index (χ0) is 11.8. The normalized spacial score (nSPS) is 11.8. The van der Waals surface area contributed by atoms with Gasteiger partial charge in [-0.2, -0.15) is 18.2 Å². The summed E-state index contributed by atoms with van der Waals surface area (Å²) in [4.78, 5) is 7.18. The van der Waals surface area contributed by atoms with Crippen molar-refractivity contribution >= 4 is 0 Å². The van der Waals surface area contributed by atoms with Crippen molar-refractivity contribution in [3.63, 3.8) is 0 Å². The van der Waals surface area contributed by atoms with Gasteiger partial charge in [-0.1, -0.05) is 5.16 Å². The quantitative estimate of drug-likeness (QED) is 0.753. The SMILES string of the molecule is Cc1noc(-c2ccncc2C(F)(F)F)n1. The van der Waals surface area contributed by atoms with E-state index in [0.29, 0.717) is 0 Å². The molecule has 2 aromatic heterocycles. The third kappa shape index (κ3) is 1.88. The average molecular weight is 229 g/mol. The summed E-state index contributed by atoms with van der Waals surface area (Å²) >= 11 is 0. The third-order valence-electron chi connectivity index (χ3n) is 1.88. The Hall–Kier alpha value is -1.92. The molecule has 0 amide bonds. The summed E-state index contributed by atoms with van der Waals surface area (Å²) < 4.78 is 42.5. The molecular weight excluding hydrogens is 223 g/mol. The summed E-state index contributed by atoms with van der Waals surface area (Å²) in [5, 5.41) is 3.44. The highest BCUT2D eigenvalue weighted by atomic mass is 19.4. The third-order valence-corrected chi connectivity index (χ3v) is 1.88. The second kappa shape index (κ2) is 3.58. The lowest BCUT2D eigenvalue weighted by Gasteiger charge is -2.08. The van der Waals surface area contributed by atoms with Gasteiger partial charge in [-0.15, -0.1) is 0 Å². The van der Waals surface area contributed by atoms with Crippen molar-refractivity contribution in [1.82, 2.24) is 15.1 Å². The first-order valence-corrected chi connectivity index (χ1v) is 4.30. The van der Waals surface area contributed by atoms with Gasteiger partial charge in [0, 0.05) is 12.4 Å². The Kier molecular flexibility index (Phi) is 2.37. The molecule has 7 heteroatoms. The number of aromatic nitrogens is 3. The van der Waals surface area contributed by atoms with Crippen LogP contribution in [-0.4, -0.2) is 15.1 Å². The van der Waals surface area contributed by atoms with Crippen molar-refractivity contribution in [3.8, 4) is 11.5 Å². The standard InChI is InChI=1S/C9H6F3N3O/c1-5-14-8(16-15-5)6-2-3-13-4-7(6)9(10,11)12/h2-4H,1H3. The number of hydrogen-bond acceptors (Lipinski definition) is 4. The highest BCUT2D eigenvalue weighted by molar-refractivity contribution is 5.58. The van der Waals surface area contributed by atoms with Crippen LogP contribution in [0.1, 0.15) is 11.4 Å². The van der Waals surface area contributed by atoms with Gasteiger partial charge in [0.15, 0.2) is 5.82 Å². The van der Waals surface area contributed by atoms with Crippen LogP contribution < -0.4 is 0 Å². The Bertz CT molecular complexity index is 507. The van der Waals surface area contributed by atoms with Crippen LogP contribution in [0.4, 0.5) is 13.2 Å². The lowest BCUT2D eigenvalue weighted by atomic mass is 10.1. The van der Waals surface area contributed by atoms with Gasteiger partial charge in [-0.25, -0.2) is 0 Å². The summed E-state index contributed by atoms with van der Waals surface area (Å²) in [5.41, 5.74) is -1.05. The number of pyridine rings is 1. The molecule has 0 N–H and O–H groups in total. The molecule has 0 aliphatic heterocycles. The molecule has 2 aromatic rings. The Balaban J connectivity index is 2.57. The van der Waals surface area contributed by atoms with E-state index in [1.807, 2.05) is 0 Å².